The van der Waals surface area contributed by atoms with Gasteiger partial charge in [0.25, 0.3) is 5.91 Å². The molecule has 138 valence electrons. The molecule has 0 aliphatic carbocycles. The lowest BCUT2D eigenvalue weighted by atomic mass is 10.0. The Morgan fingerprint density at radius 3 is 2.85 bits per heavy atom. The van der Waals surface area contributed by atoms with Crippen LogP contribution in [0.3, 0.4) is 0 Å². The second-order valence-electron chi connectivity index (χ2n) is 6.80. The van der Waals surface area contributed by atoms with Crippen molar-refractivity contribution in [3.63, 3.8) is 0 Å². The minimum Gasteiger partial charge on any atom is -0.381 e. The molecule has 2 aliphatic heterocycles. The van der Waals surface area contributed by atoms with Gasteiger partial charge in [0.2, 0.25) is 5.82 Å². The number of imidazole rings is 1. The van der Waals surface area contributed by atoms with Gasteiger partial charge in [0, 0.05) is 45.0 Å². The standard InChI is InChI=1S/C18H23N5O3/c24-18(17-20-4-1-5-21-17)22-9-15-8-19-13-23(15)16(10-22)12-26-11-14-2-6-25-7-3-14/h1,4-5,8,13-14,16H,2-3,6-7,9-12H2. The molecule has 0 aromatic carbocycles. The Morgan fingerprint density at radius 1 is 1.23 bits per heavy atom. The SMILES string of the molecule is O=C(c1ncccn1)N1Cc2cncn2C(COCC2CCOCC2)C1. The van der Waals surface area contributed by atoms with Crippen LogP contribution in [0.1, 0.15) is 35.2 Å². The molecule has 1 amide bonds. The molecule has 0 bridgehead atoms. The molecule has 0 radical (unpaired) electrons. The molecule has 1 atom stereocenters. The average molecular weight is 357 g/mol. The van der Waals surface area contributed by atoms with E-state index in [2.05, 4.69) is 19.5 Å². The third kappa shape index (κ3) is 3.76. The fourth-order valence-corrected chi connectivity index (χ4v) is 3.51. The number of nitrogens with zero attached hydrogens (tertiary/aromatic N) is 5. The molecule has 8 heteroatoms. The van der Waals surface area contributed by atoms with Gasteiger partial charge in [-0.3, -0.25) is 4.79 Å². The van der Waals surface area contributed by atoms with E-state index in [1.807, 2.05) is 6.33 Å². The van der Waals surface area contributed by atoms with Crippen LogP contribution >= 0.6 is 0 Å². The van der Waals surface area contributed by atoms with Crippen molar-refractivity contribution in [3.8, 4) is 0 Å². The van der Waals surface area contributed by atoms with Gasteiger partial charge in [0.15, 0.2) is 0 Å². The molecule has 4 heterocycles. The molecular weight excluding hydrogens is 334 g/mol. The zero-order valence-corrected chi connectivity index (χ0v) is 14.7. The summed E-state index contributed by atoms with van der Waals surface area (Å²) in [4.78, 5) is 26.9. The van der Waals surface area contributed by atoms with Gasteiger partial charge >= 0.3 is 0 Å². The van der Waals surface area contributed by atoms with Crippen molar-refractivity contribution in [1.29, 1.82) is 0 Å². The Bertz CT molecular complexity index is 729. The lowest BCUT2D eigenvalue weighted by Gasteiger charge is -2.34. The highest BCUT2D eigenvalue weighted by Gasteiger charge is 2.30. The highest BCUT2D eigenvalue weighted by Crippen LogP contribution is 2.23. The number of fused-ring (bicyclic) bond motifs is 1. The summed E-state index contributed by atoms with van der Waals surface area (Å²) in [6.07, 6.45) is 8.90. The molecule has 1 saturated heterocycles. The smallest absolute Gasteiger partial charge is 0.292 e. The molecule has 2 aliphatic rings. The van der Waals surface area contributed by atoms with E-state index >= 15 is 0 Å². The maximum absolute atomic E-state index is 12.7. The van der Waals surface area contributed by atoms with Gasteiger partial charge in [-0.05, 0) is 24.8 Å². The number of carbonyl (C=O) groups excluding carboxylic acids is 1. The topological polar surface area (TPSA) is 82.4 Å². The maximum atomic E-state index is 12.7. The Morgan fingerprint density at radius 2 is 2.04 bits per heavy atom. The fraction of sp³-hybridized carbons (Fsp3) is 0.556. The highest BCUT2D eigenvalue weighted by atomic mass is 16.5. The van der Waals surface area contributed by atoms with E-state index in [4.69, 9.17) is 9.47 Å². The van der Waals surface area contributed by atoms with E-state index in [0.717, 1.165) is 38.4 Å². The van der Waals surface area contributed by atoms with Gasteiger partial charge in [0.05, 0.1) is 31.2 Å². The summed E-state index contributed by atoms with van der Waals surface area (Å²) in [5, 5.41) is 0. The van der Waals surface area contributed by atoms with Crippen LogP contribution < -0.4 is 0 Å². The van der Waals surface area contributed by atoms with Crippen LogP contribution in [0, 0.1) is 5.92 Å². The number of carbonyl (C=O) groups is 1. The highest BCUT2D eigenvalue weighted by molar-refractivity contribution is 5.90. The van der Waals surface area contributed by atoms with Crippen molar-refractivity contribution >= 4 is 5.91 Å². The minimum atomic E-state index is -0.160. The second-order valence-corrected chi connectivity index (χ2v) is 6.80. The van der Waals surface area contributed by atoms with Crippen molar-refractivity contribution in [2.45, 2.75) is 25.4 Å². The Labute approximate surface area is 152 Å². The summed E-state index contributed by atoms with van der Waals surface area (Å²) in [6.45, 7) is 4.01. The van der Waals surface area contributed by atoms with Gasteiger partial charge in [-0.25, -0.2) is 15.0 Å². The lowest BCUT2D eigenvalue weighted by molar-refractivity contribution is 0.00590. The number of hydrogen-bond donors (Lipinski definition) is 0. The first-order chi connectivity index (χ1) is 12.8. The molecule has 8 nitrogen and oxygen atoms in total. The van der Waals surface area contributed by atoms with E-state index in [9.17, 15) is 4.79 Å². The predicted molar refractivity (Wildman–Crippen MR) is 92.4 cm³/mol. The van der Waals surface area contributed by atoms with E-state index in [-0.39, 0.29) is 17.8 Å². The summed E-state index contributed by atoms with van der Waals surface area (Å²) >= 11 is 0. The third-order valence-corrected chi connectivity index (χ3v) is 4.97. The van der Waals surface area contributed by atoms with Gasteiger partial charge < -0.3 is 18.9 Å². The largest absolute Gasteiger partial charge is 0.381 e. The molecule has 26 heavy (non-hydrogen) atoms. The normalized spacial score (nSPS) is 20.8. The number of aromatic nitrogens is 4. The van der Waals surface area contributed by atoms with Gasteiger partial charge in [-0.2, -0.15) is 0 Å². The zero-order chi connectivity index (χ0) is 17.8. The summed E-state index contributed by atoms with van der Waals surface area (Å²) < 4.78 is 13.5. The Kier molecular flexibility index (Phi) is 5.21. The Balaban J connectivity index is 1.40. The van der Waals surface area contributed by atoms with Crippen molar-refractivity contribution < 1.29 is 14.3 Å². The van der Waals surface area contributed by atoms with Crippen LogP contribution in [-0.2, 0) is 16.0 Å². The summed E-state index contributed by atoms with van der Waals surface area (Å²) in [7, 11) is 0. The fourth-order valence-electron chi connectivity index (χ4n) is 3.51. The van der Waals surface area contributed by atoms with Crippen molar-refractivity contribution in [3.05, 3.63) is 42.5 Å². The van der Waals surface area contributed by atoms with Gasteiger partial charge in [-0.1, -0.05) is 0 Å². The number of hydrogen-bond acceptors (Lipinski definition) is 6. The van der Waals surface area contributed by atoms with Gasteiger partial charge in [0.1, 0.15) is 0 Å². The molecule has 1 fully saturated rings. The van der Waals surface area contributed by atoms with E-state index in [1.165, 1.54) is 0 Å². The van der Waals surface area contributed by atoms with Crippen molar-refractivity contribution in [2.75, 3.05) is 33.0 Å². The zero-order valence-electron chi connectivity index (χ0n) is 14.7. The number of rotatable bonds is 5. The quantitative estimate of drug-likeness (QED) is 0.802. The van der Waals surface area contributed by atoms with Crippen LogP contribution in [0.2, 0.25) is 0 Å². The van der Waals surface area contributed by atoms with E-state index in [0.29, 0.717) is 25.6 Å². The molecule has 2 aromatic heterocycles. The second kappa shape index (κ2) is 7.92. The van der Waals surface area contributed by atoms with Crippen LogP contribution in [0.25, 0.3) is 0 Å². The molecule has 2 aromatic rings. The number of amides is 1. The van der Waals surface area contributed by atoms with E-state index in [1.54, 1.807) is 29.6 Å². The van der Waals surface area contributed by atoms with Crippen molar-refractivity contribution in [2.24, 2.45) is 5.92 Å². The maximum Gasteiger partial charge on any atom is 0.292 e. The monoisotopic (exact) mass is 357 g/mol. The Hall–Kier alpha value is -2.32. The minimum absolute atomic E-state index is 0.0498. The van der Waals surface area contributed by atoms with Crippen molar-refractivity contribution in [1.82, 2.24) is 24.4 Å². The molecule has 4 rings (SSSR count). The van der Waals surface area contributed by atoms with Crippen LogP contribution in [0.5, 0.6) is 0 Å². The molecular formula is C18H23N5O3. The first kappa shape index (κ1) is 17.1. The van der Waals surface area contributed by atoms with E-state index < -0.39 is 0 Å². The van der Waals surface area contributed by atoms with Gasteiger partial charge in [-0.15, -0.1) is 0 Å². The van der Waals surface area contributed by atoms with Crippen LogP contribution in [0.15, 0.2) is 31.0 Å². The molecule has 0 saturated carbocycles. The first-order valence-electron chi connectivity index (χ1n) is 9.04. The first-order valence-corrected chi connectivity index (χ1v) is 9.04. The molecule has 0 N–H and O–H groups in total. The summed E-state index contributed by atoms with van der Waals surface area (Å²) in [6, 6.07) is 1.75. The van der Waals surface area contributed by atoms with Crippen LogP contribution in [0.4, 0.5) is 0 Å². The number of ether oxygens (including phenoxy) is 2. The third-order valence-electron chi connectivity index (χ3n) is 4.97. The average Bonchev–Trinajstić information content (AvgIpc) is 3.18. The lowest BCUT2D eigenvalue weighted by Crippen LogP contribution is -2.42. The molecule has 1 unspecified atom stereocenters. The summed E-state index contributed by atoms with van der Waals surface area (Å²) in [5.74, 6) is 0.625. The summed E-state index contributed by atoms with van der Waals surface area (Å²) in [5.41, 5.74) is 1.00. The molecule has 0 spiro atoms. The van der Waals surface area contributed by atoms with Crippen LogP contribution in [-0.4, -0.2) is 63.3 Å². The predicted octanol–water partition coefficient (Wildman–Crippen LogP) is 1.31.